The van der Waals surface area contributed by atoms with Crippen molar-refractivity contribution in [3.05, 3.63) is 140 Å². The third-order valence-electron chi connectivity index (χ3n) is 11.6. The number of hydrogen-bond donors (Lipinski definition) is 1. The summed E-state index contributed by atoms with van der Waals surface area (Å²) in [7, 11) is 0. The van der Waals surface area contributed by atoms with Crippen LogP contribution in [0.2, 0.25) is 5.15 Å². The van der Waals surface area contributed by atoms with Gasteiger partial charge in [0.25, 0.3) is 0 Å². The third kappa shape index (κ3) is 11.1. The van der Waals surface area contributed by atoms with Crippen molar-refractivity contribution in [1.29, 1.82) is 0 Å². The highest BCUT2D eigenvalue weighted by Gasteiger charge is 2.27. The monoisotopic (exact) mass is 1060 g/mol. The molecule has 10 nitrogen and oxygen atoms in total. The highest BCUT2D eigenvalue weighted by atomic mass is 79.9. The second-order valence-electron chi connectivity index (χ2n) is 16.2. The van der Waals surface area contributed by atoms with Gasteiger partial charge in [0.15, 0.2) is 11.5 Å². The molecule has 0 bridgehead atoms. The lowest BCUT2D eigenvalue weighted by atomic mass is 10.1. The van der Waals surface area contributed by atoms with E-state index in [1.165, 1.54) is 11.8 Å². The molecule has 2 fully saturated rings. The number of rotatable bonds is 4. The minimum Gasteiger partial charge on any atom is -0.486 e. The molecule has 2 saturated heterocycles. The summed E-state index contributed by atoms with van der Waals surface area (Å²) in [6, 6.07) is 38.8. The first-order valence-corrected chi connectivity index (χ1v) is 24.4. The summed E-state index contributed by atoms with van der Waals surface area (Å²) in [5.74, 6) is 3.78. The molecule has 4 aromatic carbocycles. The average Bonchev–Trinajstić information content (AvgIpc) is 3.73. The SMILES string of the molecule is Brc1ccc2nc(N3CCCNCC3)ccc2c1.Cc1ccc2c3c(ccc2n1)OC[C@H](CN1CCCN(c2ccc4cc(Br)ccc4n2)CC1)O3.Clc1ccc2cc(Br)ccc2n1. The molecule has 0 radical (unpaired) electrons. The fourth-order valence-corrected chi connectivity index (χ4v) is 9.60. The van der Waals surface area contributed by atoms with Crippen LogP contribution in [0.3, 0.4) is 0 Å². The van der Waals surface area contributed by atoms with E-state index in [1.54, 1.807) is 6.07 Å². The molecule has 1 atom stereocenters. The van der Waals surface area contributed by atoms with Crippen molar-refractivity contribution in [1.82, 2.24) is 30.2 Å². The van der Waals surface area contributed by atoms with Crippen molar-refractivity contribution in [3.63, 3.8) is 0 Å². The molecule has 8 aromatic rings. The van der Waals surface area contributed by atoms with Crippen LogP contribution < -0.4 is 24.6 Å². The molecule has 0 saturated carbocycles. The number of pyridine rings is 4. The number of aromatic nitrogens is 4. The van der Waals surface area contributed by atoms with Gasteiger partial charge in [-0.05, 0) is 142 Å². The Balaban J connectivity index is 0.000000143. The number of nitrogens with one attached hydrogen (secondary N) is 1. The minimum absolute atomic E-state index is 0.00296. The lowest BCUT2D eigenvalue weighted by molar-refractivity contribution is 0.0622. The minimum atomic E-state index is 0.00296. The van der Waals surface area contributed by atoms with Gasteiger partial charge in [0.1, 0.15) is 29.5 Å². The van der Waals surface area contributed by atoms with Gasteiger partial charge in [-0.15, -0.1) is 0 Å². The second kappa shape index (κ2) is 20.7. The van der Waals surface area contributed by atoms with Crippen LogP contribution in [0.25, 0.3) is 43.6 Å². The number of benzene rings is 4. The Hall–Kier alpha value is -4.63. The summed E-state index contributed by atoms with van der Waals surface area (Å²) in [6.45, 7) is 11.7. The fraction of sp³-hybridized carbons (Fsp3) is 0.280. The molecule has 11 rings (SSSR count). The smallest absolute Gasteiger partial charge is 0.171 e. The van der Waals surface area contributed by atoms with Gasteiger partial charge in [-0.25, -0.2) is 15.0 Å². The standard InChI is InChI=1S/C27H27BrN4O2.C14H16BrN3.C9H5BrClN/c1-18-3-6-22-24(29-18)8-9-25-27(22)34-21(17-33-25)16-31-11-2-12-32(14-13-31)26-10-4-19-15-20(28)5-7-23(19)30-26;15-12-3-4-13-11(10-12)2-5-14(17-13)18-8-1-6-16-7-9-18;10-7-2-3-8-6(5-7)1-4-9(11)12-8/h3-10,15,21H,2,11-14,16-17H2,1H3;2-5,10,16H,1,6-9H2;1-5H/t21-;;/m0../s1. The van der Waals surface area contributed by atoms with Crippen LogP contribution in [0.15, 0.2) is 129 Å². The zero-order valence-corrected chi connectivity index (χ0v) is 41.0. The van der Waals surface area contributed by atoms with E-state index in [2.05, 4.69) is 132 Å². The first-order valence-electron chi connectivity index (χ1n) is 21.7. The number of nitrogens with zero attached hydrogens (tertiary/aromatic N) is 7. The van der Waals surface area contributed by atoms with Crippen LogP contribution in [0.4, 0.5) is 11.6 Å². The van der Waals surface area contributed by atoms with Crippen LogP contribution in [0, 0.1) is 6.92 Å². The van der Waals surface area contributed by atoms with E-state index in [0.29, 0.717) is 11.8 Å². The van der Waals surface area contributed by atoms with Crippen molar-refractivity contribution in [2.24, 2.45) is 0 Å². The maximum absolute atomic E-state index is 6.46. The highest BCUT2D eigenvalue weighted by molar-refractivity contribution is 9.11. The van der Waals surface area contributed by atoms with Crippen LogP contribution in [0.1, 0.15) is 18.5 Å². The molecule has 3 aliphatic heterocycles. The van der Waals surface area contributed by atoms with Crippen molar-refractivity contribution in [2.45, 2.75) is 25.9 Å². The molecule has 328 valence electrons. The number of fused-ring (bicyclic) bond motifs is 6. The molecule has 0 amide bonds. The predicted octanol–water partition coefficient (Wildman–Crippen LogP) is 11.7. The van der Waals surface area contributed by atoms with Crippen molar-refractivity contribution < 1.29 is 9.47 Å². The molecule has 4 aromatic heterocycles. The van der Waals surface area contributed by atoms with E-state index in [1.807, 2.05) is 61.5 Å². The van der Waals surface area contributed by atoms with Crippen molar-refractivity contribution in [3.8, 4) is 11.5 Å². The summed E-state index contributed by atoms with van der Waals surface area (Å²) in [5.41, 5.74) is 4.97. The molecule has 64 heavy (non-hydrogen) atoms. The van der Waals surface area contributed by atoms with Gasteiger partial charge in [-0.1, -0.05) is 59.4 Å². The molecule has 0 spiro atoms. The molecule has 3 aliphatic rings. The van der Waals surface area contributed by atoms with E-state index in [9.17, 15) is 0 Å². The van der Waals surface area contributed by atoms with Crippen LogP contribution >= 0.6 is 59.4 Å². The number of hydrogen-bond acceptors (Lipinski definition) is 10. The molecule has 1 N–H and O–H groups in total. The molecule has 7 heterocycles. The zero-order chi connectivity index (χ0) is 44.0. The Bertz CT molecular complexity index is 2880. The average molecular weight is 1070 g/mol. The predicted molar refractivity (Wildman–Crippen MR) is 273 cm³/mol. The van der Waals surface area contributed by atoms with Gasteiger partial charge >= 0.3 is 0 Å². The molecule has 0 aliphatic carbocycles. The number of aryl methyl sites for hydroxylation is 1. The first kappa shape index (κ1) is 44.6. The third-order valence-corrected chi connectivity index (χ3v) is 13.3. The normalized spacial score (nSPS) is 16.7. The first-order chi connectivity index (χ1) is 31.2. The summed E-state index contributed by atoms with van der Waals surface area (Å²) in [4.78, 5) is 25.7. The number of halogens is 4. The Morgan fingerprint density at radius 2 is 1.20 bits per heavy atom. The van der Waals surface area contributed by atoms with Gasteiger partial charge < -0.3 is 24.6 Å². The van der Waals surface area contributed by atoms with Crippen molar-refractivity contribution in [2.75, 3.05) is 75.3 Å². The van der Waals surface area contributed by atoms with E-state index in [0.717, 1.165) is 146 Å². The summed E-state index contributed by atoms with van der Waals surface area (Å²) in [5, 5.41) is 8.39. The van der Waals surface area contributed by atoms with Crippen LogP contribution in [-0.4, -0.2) is 96.4 Å². The van der Waals surface area contributed by atoms with Gasteiger partial charge in [0.2, 0.25) is 0 Å². The molecular formula is C50H48Br3ClN8O2. The van der Waals surface area contributed by atoms with Gasteiger partial charge in [-0.2, -0.15) is 0 Å². The van der Waals surface area contributed by atoms with E-state index in [4.69, 9.17) is 31.0 Å². The van der Waals surface area contributed by atoms with Gasteiger partial charge in [0.05, 0.1) is 22.1 Å². The topological polar surface area (TPSA) is 91.8 Å². The largest absolute Gasteiger partial charge is 0.486 e. The highest BCUT2D eigenvalue weighted by Crippen LogP contribution is 2.38. The van der Waals surface area contributed by atoms with Gasteiger partial charge in [-0.3, -0.25) is 9.88 Å². The Morgan fingerprint density at radius 3 is 1.89 bits per heavy atom. The quantitative estimate of drug-likeness (QED) is 0.172. The van der Waals surface area contributed by atoms with Crippen molar-refractivity contribution >= 4 is 115 Å². The Morgan fingerprint density at radius 1 is 0.594 bits per heavy atom. The fourth-order valence-electron chi connectivity index (χ4n) is 8.31. The summed E-state index contributed by atoms with van der Waals surface area (Å²) < 4.78 is 15.8. The van der Waals surface area contributed by atoms with E-state index < -0.39 is 0 Å². The lowest BCUT2D eigenvalue weighted by Gasteiger charge is -2.31. The zero-order valence-electron chi connectivity index (χ0n) is 35.5. The number of ether oxygens (including phenoxy) is 2. The second-order valence-corrected chi connectivity index (χ2v) is 19.3. The summed E-state index contributed by atoms with van der Waals surface area (Å²) >= 11 is 16.2. The van der Waals surface area contributed by atoms with Crippen LogP contribution in [-0.2, 0) is 0 Å². The van der Waals surface area contributed by atoms with E-state index in [-0.39, 0.29) is 6.10 Å². The lowest BCUT2D eigenvalue weighted by Crippen LogP contribution is -2.42. The van der Waals surface area contributed by atoms with Crippen LogP contribution in [0.5, 0.6) is 11.5 Å². The van der Waals surface area contributed by atoms with Gasteiger partial charge in [0, 0.05) is 93.0 Å². The maximum atomic E-state index is 6.46. The van der Waals surface area contributed by atoms with E-state index >= 15 is 0 Å². The number of anilines is 2. The Labute approximate surface area is 403 Å². The molecule has 14 heteroatoms. The summed E-state index contributed by atoms with van der Waals surface area (Å²) in [6.07, 6.45) is 2.28. The molecular weight excluding hydrogens is 1020 g/mol. The Kier molecular flexibility index (Phi) is 14.4. The maximum Gasteiger partial charge on any atom is 0.171 e. The molecule has 0 unspecified atom stereocenters.